The molecule has 2 N–H and O–H groups in total. The van der Waals surface area contributed by atoms with E-state index in [9.17, 15) is 13.6 Å². The molecule has 1 fully saturated rings. The molecular weight excluding hydrogens is 242 g/mol. The van der Waals surface area contributed by atoms with E-state index < -0.39 is 11.9 Å². The number of rotatable bonds is 3. The summed E-state index contributed by atoms with van der Waals surface area (Å²) < 4.78 is 30.3. The van der Waals surface area contributed by atoms with Gasteiger partial charge in [-0.25, -0.2) is 13.6 Å². The number of anilines is 2. The van der Waals surface area contributed by atoms with E-state index in [-0.39, 0.29) is 30.9 Å². The van der Waals surface area contributed by atoms with Crippen LogP contribution >= 0.6 is 0 Å². The van der Waals surface area contributed by atoms with E-state index in [1.165, 1.54) is 17.0 Å². The molecule has 2 rings (SSSR count). The number of halogens is 2. The van der Waals surface area contributed by atoms with Gasteiger partial charge in [-0.15, -0.1) is 0 Å². The van der Waals surface area contributed by atoms with Gasteiger partial charge in [-0.3, -0.25) is 0 Å². The Morgan fingerprint density at radius 3 is 2.67 bits per heavy atom. The highest BCUT2D eigenvalue weighted by molar-refractivity contribution is 5.95. The number of esters is 1. The fourth-order valence-corrected chi connectivity index (χ4v) is 1.84. The molecule has 1 aromatic rings. The van der Waals surface area contributed by atoms with Gasteiger partial charge in [-0.2, -0.15) is 0 Å². The number of nitrogens with zero attached hydrogens (tertiary/aromatic N) is 1. The number of nitrogen functional groups attached to an aromatic ring is 1. The molecule has 1 aromatic carbocycles. The number of nitrogens with two attached hydrogens (primary N) is 1. The zero-order valence-electron chi connectivity index (χ0n) is 9.95. The van der Waals surface area contributed by atoms with E-state index in [4.69, 9.17) is 10.5 Å². The number of hydrogen-bond donors (Lipinski definition) is 1. The molecule has 0 saturated carbocycles. The molecule has 0 aromatic heterocycles. The monoisotopic (exact) mass is 256 g/mol. The van der Waals surface area contributed by atoms with Crippen molar-refractivity contribution in [2.75, 3.05) is 30.3 Å². The standard InChI is InChI=1S/C12H14F2N2O2/c1-2-18-11(17)9-4-3-8(5-10(9)15)16-6-12(13,14)7-16/h3-5H,2,6-7,15H2,1H3. The third kappa shape index (κ3) is 2.37. The van der Waals surface area contributed by atoms with Crippen molar-refractivity contribution in [1.29, 1.82) is 0 Å². The summed E-state index contributed by atoms with van der Waals surface area (Å²) in [7, 11) is 0. The fraction of sp³-hybridized carbons (Fsp3) is 0.417. The lowest BCUT2D eigenvalue weighted by atomic mass is 10.1. The summed E-state index contributed by atoms with van der Waals surface area (Å²) in [4.78, 5) is 13.0. The number of alkyl halides is 2. The van der Waals surface area contributed by atoms with Crippen LogP contribution in [0.4, 0.5) is 20.2 Å². The molecule has 0 bridgehead atoms. The van der Waals surface area contributed by atoms with Crippen LogP contribution in [0.1, 0.15) is 17.3 Å². The smallest absolute Gasteiger partial charge is 0.340 e. The molecule has 18 heavy (non-hydrogen) atoms. The van der Waals surface area contributed by atoms with Gasteiger partial charge in [0.1, 0.15) is 0 Å². The highest BCUT2D eigenvalue weighted by atomic mass is 19.3. The van der Waals surface area contributed by atoms with Crippen LogP contribution in [0.5, 0.6) is 0 Å². The molecule has 1 aliphatic heterocycles. The van der Waals surface area contributed by atoms with Crippen LogP contribution in [0.2, 0.25) is 0 Å². The van der Waals surface area contributed by atoms with E-state index in [0.29, 0.717) is 5.69 Å². The zero-order valence-corrected chi connectivity index (χ0v) is 9.95. The lowest BCUT2D eigenvalue weighted by Gasteiger charge is -2.40. The first-order valence-corrected chi connectivity index (χ1v) is 5.62. The Morgan fingerprint density at radius 2 is 2.17 bits per heavy atom. The number of carbonyl (C=O) groups is 1. The summed E-state index contributed by atoms with van der Waals surface area (Å²) in [5, 5.41) is 0. The minimum absolute atomic E-state index is 0.237. The number of hydrogen-bond acceptors (Lipinski definition) is 4. The van der Waals surface area contributed by atoms with Gasteiger partial charge in [0.05, 0.1) is 25.3 Å². The van der Waals surface area contributed by atoms with E-state index in [1.54, 1.807) is 13.0 Å². The van der Waals surface area contributed by atoms with Gasteiger partial charge in [0.2, 0.25) is 0 Å². The van der Waals surface area contributed by atoms with Gasteiger partial charge < -0.3 is 15.4 Å². The Kier molecular flexibility index (Phi) is 3.11. The van der Waals surface area contributed by atoms with Gasteiger partial charge in [-0.1, -0.05) is 0 Å². The predicted molar refractivity (Wildman–Crippen MR) is 64.0 cm³/mol. The van der Waals surface area contributed by atoms with Crippen molar-refractivity contribution in [1.82, 2.24) is 0 Å². The first-order valence-electron chi connectivity index (χ1n) is 5.62. The molecule has 4 nitrogen and oxygen atoms in total. The van der Waals surface area contributed by atoms with Crippen LogP contribution in [0.3, 0.4) is 0 Å². The Balaban J connectivity index is 2.13. The molecule has 98 valence electrons. The normalized spacial score (nSPS) is 17.2. The number of ether oxygens (including phenoxy) is 1. The SMILES string of the molecule is CCOC(=O)c1ccc(N2CC(F)(F)C2)cc1N. The Labute approximate surface area is 103 Å². The van der Waals surface area contributed by atoms with Crippen LogP contribution in [0.15, 0.2) is 18.2 Å². The molecule has 1 saturated heterocycles. The molecule has 1 heterocycles. The summed E-state index contributed by atoms with van der Waals surface area (Å²) in [6.45, 7) is 1.33. The summed E-state index contributed by atoms with van der Waals surface area (Å²) >= 11 is 0. The number of benzene rings is 1. The Morgan fingerprint density at radius 1 is 1.50 bits per heavy atom. The summed E-state index contributed by atoms with van der Waals surface area (Å²) in [6, 6.07) is 4.61. The molecule has 0 atom stereocenters. The molecule has 6 heteroatoms. The van der Waals surface area contributed by atoms with Crippen LogP contribution in [-0.4, -0.2) is 31.6 Å². The maximum absolute atomic E-state index is 12.7. The van der Waals surface area contributed by atoms with Crippen molar-refractivity contribution >= 4 is 17.3 Å². The van der Waals surface area contributed by atoms with Crippen LogP contribution < -0.4 is 10.6 Å². The van der Waals surface area contributed by atoms with Gasteiger partial charge in [0, 0.05) is 11.4 Å². The van der Waals surface area contributed by atoms with Gasteiger partial charge >= 0.3 is 5.97 Å². The second kappa shape index (κ2) is 4.44. The van der Waals surface area contributed by atoms with Gasteiger partial charge in [0.15, 0.2) is 0 Å². The summed E-state index contributed by atoms with van der Waals surface area (Å²) in [5.41, 5.74) is 6.81. The third-order valence-corrected chi connectivity index (χ3v) is 2.74. The fourth-order valence-electron chi connectivity index (χ4n) is 1.84. The van der Waals surface area contributed by atoms with Crippen molar-refractivity contribution in [2.45, 2.75) is 12.8 Å². The Hall–Kier alpha value is -1.85. The predicted octanol–water partition coefficient (Wildman–Crippen LogP) is 1.90. The highest BCUT2D eigenvalue weighted by Crippen LogP contribution is 2.33. The lowest BCUT2D eigenvalue weighted by Crippen LogP contribution is -2.56. The first-order chi connectivity index (χ1) is 8.43. The Bertz CT molecular complexity index is 469. The molecule has 0 radical (unpaired) electrons. The van der Waals surface area contributed by atoms with Crippen molar-refractivity contribution in [3.63, 3.8) is 0 Å². The van der Waals surface area contributed by atoms with Gasteiger partial charge in [-0.05, 0) is 25.1 Å². The maximum Gasteiger partial charge on any atom is 0.340 e. The lowest BCUT2D eigenvalue weighted by molar-refractivity contribution is -0.0262. The minimum atomic E-state index is -2.63. The maximum atomic E-state index is 12.7. The van der Waals surface area contributed by atoms with E-state index in [2.05, 4.69) is 0 Å². The number of carbonyl (C=O) groups excluding carboxylic acids is 1. The largest absolute Gasteiger partial charge is 0.462 e. The zero-order chi connectivity index (χ0) is 13.3. The molecule has 0 amide bonds. The molecule has 0 spiro atoms. The summed E-state index contributed by atoms with van der Waals surface area (Å²) in [5.74, 6) is -3.13. The average Bonchev–Trinajstić information content (AvgIpc) is 2.25. The summed E-state index contributed by atoms with van der Waals surface area (Å²) in [6.07, 6.45) is 0. The molecule has 0 aliphatic carbocycles. The highest BCUT2D eigenvalue weighted by Gasteiger charge is 2.43. The van der Waals surface area contributed by atoms with Crippen LogP contribution in [0.25, 0.3) is 0 Å². The molecule has 0 unspecified atom stereocenters. The second-order valence-corrected chi connectivity index (χ2v) is 4.20. The van der Waals surface area contributed by atoms with E-state index in [0.717, 1.165) is 0 Å². The van der Waals surface area contributed by atoms with Crippen molar-refractivity contribution in [3.8, 4) is 0 Å². The molecular formula is C12H14F2N2O2. The van der Waals surface area contributed by atoms with E-state index >= 15 is 0 Å². The third-order valence-electron chi connectivity index (χ3n) is 2.74. The van der Waals surface area contributed by atoms with Crippen molar-refractivity contribution in [2.24, 2.45) is 0 Å². The quantitative estimate of drug-likeness (QED) is 0.663. The average molecular weight is 256 g/mol. The first kappa shape index (κ1) is 12.6. The van der Waals surface area contributed by atoms with Gasteiger partial charge in [0.25, 0.3) is 5.92 Å². The molecule has 1 aliphatic rings. The van der Waals surface area contributed by atoms with E-state index in [1.807, 2.05) is 0 Å². The topological polar surface area (TPSA) is 55.6 Å². The van der Waals surface area contributed by atoms with Crippen molar-refractivity contribution in [3.05, 3.63) is 23.8 Å². The van der Waals surface area contributed by atoms with Crippen LogP contribution in [0, 0.1) is 0 Å². The van der Waals surface area contributed by atoms with Crippen molar-refractivity contribution < 1.29 is 18.3 Å². The van der Waals surface area contributed by atoms with Crippen LogP contribution in [-0.2, 0) is 4.74 Å². The second-order valence-electron chi connectivity index (χ2n) is 4.20. The minimum Gasteiger partial charge on any atom is -0.462 e.